The Kier molecular flexibility index (Phi) is 9.78. The van der Waals surface area contributed by atoms with Gasteiger partial charge in [0, 0.05) is 18.8 Å². The van der Waals surface area contributed by atoms with Crippen molar-refractivity contribution in [3.05, 3.63) is 71.3 Å². The average molecular weight is 413 g/mol. The van der Waals surface area contributed by atoms with Crippen molar-refractivity contribution >= 4 is 23.6 Å². The summed E-state index contributed by atoms with van der Waals surface area (Å²) in [7, 11) is 0. The van der Waals surface area contributed by atoms with Crippen molar-refractivity contribution in [2.45, 2.75) is 52.0 Å². The van der Waals surface area contributed by atoms with Crippen LogP contribution in [0.5, 0.6) is 0 Å². The van der Waals surface area contributed by atoms with Crippen molar-refractivity contribution < 1.29 is 9.59 Å². The Morgan fingerprint density at radius 3 is 2.45 bits per heavy atom. The van der Waals surface area contributed by atoms with Crippen molar-refractivity contribution in [3.63, 3.8) is 0 Å². The van der Waals surface area contributed by atoms with Crippen LogP contribution in [-0.2, 0) is 21.9 Å². The number of amides is 2. The van der Waals surface area contributed by atoms with E-state index in [-0.39, 0.29) is 11.8 Å². The first-order valence-electron chi connectivity index (χ1n) is 10.3. The maximum Gasteiger partial charge on any atom is 0.242 e. The maximum absolute atomic E-state index is 13.1. The molecule has 2 amide bonds. The van der Waals surface area contributed by atoms with Crippen LogP contribution in [0.1, 0.15) is 43.4 Å². The Bertz CT molecular complexity index is 779. The van der Waals surface area contributed by atoms with Gasteiger partial charge in [-0.05, 0) is 37.0 Å². The number of hydrogen-bond donors (Lipinski definition) is 1. The number of rotatable bonds is 11. The van der Waals surface area contributed by atoms with E-state index in [1.165, 1.54) is 5.56 Å². The maximum atomic E-state index is 13.1. The van der Waals surface area contributed by atoms with Gasteiger partial charge in [-0.25, -0.2) is 0 Å². The lowest BCUT2D eigenvalue weighted by Crippen LogP contribution is -2.48. The molecule has 0 bridgehead atoms. The van der Waals surface area contributed by atoms with E-state index in [2.05, 4.69) is 24.4 Å². The van der Waals surface area contributed by atoms with Crippen molar-refractivity contribution in [2.75, 3.05) is 12.3 Å². The van der Waals surface area contributed by atoms with E-state index in [9.17, 15) is 9.59 Å². The lowest BCUT2D eigenvalue weighted by Gasteiger charge is -2.29. The fourth-order valence-electron chi connectivity index (χ4n) is 3.00. The number of thioether (sulfide) groups is 1. The van der Waals surface area contributed by atoms with Crippen LogP contribution < -0.4 is 5.32 Å². The first kappa shape index (κ1) is 23.0. The van der Waals surface area contributed by atoms with Gasteiger partial charge in [-0.15, -0.1) is 11.8 Å². The van der Waals surface area contributed by atoms with E-state index >= 15 is 0 Å². The molecule has 1 unspecified atom stereocenters. The minimum absolute atomic E-state index is 0.00711. The summed E-state index contributed by atoms with van der Waals surface area (Å²) < 4.78 is 0. The number of unbranched alkanes of at least 4 members (excludes halogenated alkanes) is 1. The molecular weight excluding hydrogens is 380 g/mol. The van der Waals surface area contributed by atoms with Gasteiger partial charge in [-0.2, -0.15) is 0 Å². The summed E-state index contributed by atoms with van der Waals surface area (Å²) in [5.41, 5.74) is 3.39. The zero-order valence-corrected chi connectivity index (χ0v) is 18.5. The van der Waals surface area contributed by atoms with Crippen LogP contribution in [0.2, 0.25) is 0 Å². The van der Waals surface area contributed by atoms with E-state index in [0.29, 0.717) is 18.8 Å². The van der Waals surface area contributed by atoms with E-state index in [4.69, 9.17) is 0 Å². The summed E-state index contributed by atoms with van der Waals surface area (Å²) in [4.78, 5) is 27.4. The Morgan fingerprint density at radius 1 is 1.07 bits per heavy atom. The molecule has 4 nitrogen and oxygen atoms in total. The normalized spacial score (nSPS) is 11.7. The predicted molar refractivity (Wildman–Crippen MR) is 122 cm³/mol. The molecule has 0 aliphatic rings. The lowest BCUT2D eigenvalue weighted by atomic mass is 10.1. The summed E-state index contributed by atoms with van der Waals surface area (Å²) in [5, 5.41) is 2.96. The molecular formula is C24H32N2O2S. The number of nitrogens with one attached hydrogen (secondary N) is 1. The summed E-state index contributed by atoms with van der Waals surface area (Å²) in [5.74, 6) is 1.04. The molecule has 2 aromatic carbocycles. The Hall–Kier alpha value is -2.27. The van der Waals surface area contributed by atoms with E-state index in [1.807, 2.05) is 56.3 Å². The molecule has 5 heteroatoms. The number of aryl methyl sites for hydroxylation is 1. The number of nitrogens with zero attached hydrogens (tertiary/aromatic N) is 1. The monoisotopic (exact) mass is 412 g/mol. The van der Waals surface area contributed by atoms with Crippen molar-refractivity contribution in [2.24, 2.45) is 0 Å². The highest BCUT2D eigenvalue weighted by molar-refractivity contribution is 7.99. The third-order valence-electron chi connectivity index (χ3n) is 4.94. The van der Waals surface area contributed by atoms with Gasteiger partial charge in [0.25, 0.3) is 0 Å². The van der Waals surface area contributed by atoms with E-state index in [0.717, 1.165) is 29.7 Å². The average Bonchev–Trinajstić information content (AvgIpc) is 2.73. The summed E-state index contributed by atoms with van der Waals surface area (Å²) in [6, 6.07) is 17.6. The van der Waals surface area contributed by atoms with Gasteiger partial charge >= 0.3 is 0 Å². The van der Waals surface area contributed by atoms with Crippen LogP contribution in [0.15, 0.2) is 54.6 Å². The molecule has 0 aromatic heterocycles. The molecule has 1 N–H and O–H groups in total. The summed E-state index contributed by atoms with van der Waals surface area (Å²) in [6.45, 7) is 7.04. The molecule has 1 atom stereocenters. The minimum atomic E-state index is -0.503. The van der Waals surface area contributed by atoms with Crippen molar-refractivity contribution in [3.8, 4) is 0 Å². The third-order valence-corrected chi connectivity index (χ3v) is 5.92. The van der Waals surface area contributed by atoms with Gasteiger partial charge in [0.15, 0.2) is 0 Å². The van der Waals surface area contributed by atoms with E-state index < -0.39 is 6.04 Å². The van der Waals surface area contributed by atoms with Gasteiger partial charge in [0.1, 0.15) is 6.04 Å². The molecule has 0 saturated carbocycles. The third kappa shape index (κ3) is 7.58. The van der Waals surface area contributed by atoms with Crippen molar-refractivity contribution in [1.82, 2.24) is 10.2 Å². The number of carbonyl (C=O) groups excluding carboxylic acids is 2. The number of carbonyl (C=O) groups is 2. The van der Waals surface area contributed by atoms with Gasteiger partial charge in [-0.1, -0.05) is 67.9 Å². The fourth-order valence-corrected chi connectivity index (χ4v) is 3.87. The standard InChI is InChI=1S/C24H32N2O2S/c1-4-5-15-25-24(28)20(3)26(16-22-14-10-9-11-19(22)2)23(27)18-29-17-21-12-7-6-8-13-21/h6-14,20H,4-5,15-18H2,1-3H3,(H,25,28). The van der Waals surface area contributed by atoms with Gasteiger partial charge in [0.2, 0.25) is 11.8 Å². The first-order valence-corrected chi connectivity index (χ1v) is 11.4. The summed E-state index contributed by atoms with van der Waals surface area (Å²) in [6.07, 6.45) is 1.97. The highest BCUT2D eigenvalue weighted by Gasteiger charge is 2.26. The van der Waals surface area contributed by atoms with Crippen molar-refractivity contribution in [1.29, 1.82) is 0 Å². The Morgan fingerprint density at radius 2 is 1.76 bits per heavy atom. The molecule has 2 aromatic rings. The van der Waals surface area contributed by atoms with Crippen LogP contribution in [0, 0.1) is 6.92 Å². The summed E-state index contributed by atoms with van der Waals surface area (Å²) >= 11 is 1.59. The molecule has 29 heavy (non-hydrogen) atoms. The highest BCUT2D eigenvalue weighted by atomic mass is 32.2. The molecule has 0 radical (unpaired) electrons. The van der Waals surface area contributed by atoms with Crippen LogP contribution in [0.4, 0.5) is 0 Å². The second-order valence-corrected chi connectivity index (χ2v) is 8.23. The second-order valence-electron chi connectivity index (χ2n) is 7.25. The largest absolute Gasteiger partial charge is 0.354 e. The molecule has 2 rings (SSSR count). The van der Waals surface area contributed by atoms with E-state index in [1.54, 1.807) is 16.7 Å². The van der Waals surface area contributed by atoms with Gasteiger partial charge < -0.3 is 10.2 Å². The van der Waals surface area contributed by atoms with Gasteiger partial charge in [0.05, 0.1) is 5.75 Å². The topological polar surface area (TPSA) is 49.4 Å². The lowest BCUT2D eigenvalue weighted by molar-refractivity contribution is -0.138. The molecule has 0 spiro atoms. The Labute approximate surface area is 179 Å². The quantitative estimate of drug-likeness (QED) is 0.550. The number of benzene rings is 2. The minimum Gasteiger partial charge on any atom is -0.354 e. The smallest absolute Gasteiger partial charge is 0.242 e. The zero-order valence-electron chi connectivity index (χ0n) is 17.7. The molecule has 0 saturated heterocycles. The molecule has 0 heterocycles. The number of hydrogen-bond acceptors (Lipinski definition) is 3. The van der Waals surface area contributed by atoms with Gasteiger partial charge in [-0.3, -0.25) is 9.59 Å². The molecule has 0 fully saturated rings. The van der Waals surface area contributed by atoms with Crippen LogP contribution in [0.3, 0.4) is 0 Å². The van der Waals surface area contributed by atoms with Crippen LogP contribution >= 0.6 is 11.8 Å². The van der Waals surface area contributed by atoms with Crippen LogP contribution in [-0.4, -0.2) is 35.1 Å². The SMILES string of the molecule is CCCCNC(=O)C(C)N(Cc1ccccc1C)C(=O)CSCc1ccccc1. The predicted octanol–water partition coefficient (Wildman–Crippen LogP) is 4.56. The molecule has 0 aliphatic carbocycles. The molecule has 0 aliphatic heterocycles. The van der Waals surface area contributed by atoms with Crippen LogP contribution in [0.25, 0.3) is 0 Å². The second kappa shape index (κ2) is 12.3. The molecule has 156 valence electrons. The zero-order chi connectivity index (χ0) is 21.1. The highest BCUT2D eigenvalue weighted by Crippen LogP contribution is 2.17. The first-order chi connectivity index (χ1) is 14.0. The fraction of sp³-hybridized carbons (Fsp3) is 0.417. The Balaban J connectivity index is 2.04.